The van der Waals surface area contributed by atoms with Gasteiger partial charge in [0, 0.05) is 6.92 Å². The normalized spacial score (nSPS) is 5.20. The maximum atomic E-state index is 10.4. The van der Waals surface area contributed by atoms with E-state index in [1.54, 1.807) is 0 Å². The Morgan fingerprint density at radius 1 is 1.80 bits per heavy atom. The predicted octanol–water partition coefficient (Wildman–Crippen LogP) is 0.664. The van der Waals surface area contributed by atoms with E-state index in [2.05, 4.69) is 0 Å². The smallest absolute Gasteiger partial charge is 0.298 e. The van der Waals surface area contributed by atoms with E-state index in [-0.39, 0.29) is 6.15 Å². The van der Waals surface area contributed by atoms with Crippen molar-refractivity contribution in [3.05, 3.63) is 0 Å². The van der Waals surface area contributed by atoms with Gasteiger partial charge < -0.3 is 6.15 Å². The number of hydrogen-bond donors (Lipinski definition) is 1. The molecule has 0 aliphatic carbocycles. The van der Waals surface area contributed by atoms with Gasteiger partial charge in [-0.25, -0.2) is 0 Å². The van der Waals surface area contributed by atoms with Crippen LogP contribution < -0.4 is 6.15 Å². The highest BCUT2D eigenvalue weighted by molar-refractivity contribution is 5.64. The van der Waals surface area contributed by atoms with Crippen molar-refractivity contribution in [2.24, 2.45) is 0 Å². The Morgan fingerprint density at radius 3 is 1.80 bits per heavy atom. The molecule has 0 saturated carbocycles. The van der Waals surface area contributed by atoms with E-state index in [9.17, 15) is 4.39 Å². The molecule has 0 aromatic rings. The summed E-state index contributed by atoms with van der Waals surface area (Å²) in [5.74, 6) is 0. The summed E-state index contributed by atoms with van der Waals surface area (Å²) in [6, 6.07) is -1.33. The zero-order valence-electron chi connectivity index (χ0n) is 2.99. The molecule has 3 heteroatoms. The molecule has 0 radical (unpaired) electrons. The van der Waals surface area contributed by atoms with Gasteiger partial charge in [0.05, 0.1) is 0 Å². The van der Waals surface area contributed by atoms with Crippen LogP contribution in [0.15, 0.2) is 0 Å². The fourth-order valence-corrected chi connectivity index (χ4v) is 0. The molecule has 0 amide bonds. The lowest BCUT2D eigenvalue weighted by molar-refractivity contribution is -0.126. The van der Waals surface area contributed by atoms with Crippen LogP contribution in [0.2, 0.25) is 0 Å². The van der Waals surface area contributed by atoms with E-state index in [1.165, 1.54) is 0 Å². The Hall–Kier alpha value is -0.440. The van der Waals surface area contributed by atoms with Crippen LogP contribution in [0, 0.1) is 0 Å². The molecule has 0 heterocycles. The first-order chi connectivity index (χ1) is 1.73. The molecular formula is C2H6FNO. The second-order valence-electron chi connectivity index (χ2n) is 0.470. The highest BCUT2D eigenvalue weighted by Gasteiger charge is 1.69. The molecular weight excluding hydrogens is 73.0 g/mol. The van der Waals surface area contributed by atoms with Crippen molar-refractivity contribution in [3.63, 3.8) is 0 Å². The standard InChI is InChI=1S/C2H3FO.H3N/c1-2(3)4;/h1H3;1H3. The summed E-state index contributed by atoms with van der Waals surface area (Å²) in [7, 11) is 0. The van der Waals surface area contributed by atoms with Gasteiger partial charge in [0.25, 0.3) is 6.04 Å². The highest BCUT2D eigenvalue weighted by atomic mass is 19.1. The van der Waals surface area contributed by atoms with Gasteiger partial charge in [0.15, 0.2) is 0 Å². The fraction of sp³-hybridized carbons (Fsp3) is 0.500. The topological polar surface area (TPSA) is 52.1 Å². The van der Waals surface area contributed by atoms with E-state index in [0.29, 0.717) is 0 Å². The largest absolute Gasteiger partial charge is 0.344 e. The average Bonchev–Trinajstić information content (AvgIpc) is 0.811. The summed E-state index contributed by atoms with van der Waals surface area (Å²) in [5.41, 5.74) is 0. The van der Waals surface area contributed by atoms with Gasteiger partial charge in [-0.2, -0.15) is 4.39 Å². The van der Waals surface area contributed by atoms with Gasteiger partial charge in [-0.3, -0.25) is 4.79 Å². The summed E-state index contributed by atoms with van der Waals surface area (Å²) in [6.07, 6.45) is 0. The Kier molecular flexibility index (Phi) is 6.28. The minimum absolute atomic E-state index is 0. The Morgan fingerprint density at radius 2 is 1.80 bits per heavy atom. The van der Waals surface area contributed by atoms with Crippen LogP contribution in [0.1, 0.15) is 6.92 Å². The lowest BCUT2D eigenvalue weighted by atomic mass is 10.9. The van der Waals surface area contributed by atoms with Gasteiger partial charge in [-0.15, -0.1) is 0 Å². The Labute approximate surface area is 29.6 Å². The van der Waals surface area contributed by atoms with Crippen LogP contribution in [0.3, 0.4) is 0 Å². The molecule has 0 aliphatic heterocycles. The predicted molar refractivity (Wildman–Crippen MR) is 16.8 cm³/mol. The maximum Gasteiger partial charge on any atom is 0.298 e. The molecule has 0 fully saturated rings. The number of carbonyl (C=O) groups is 1. The van der Waals surface area contributed by atoms with Crippen molar-refractivity contribution >= 4 is 6.04 Å². The Bertz CT molecular complexity index is 32.6. The minimum atomic E-state index is -1.33. The third kappa shape index (κ3) is 44.8. The molecule has 0 unspecified atom stereocenters. The molecule has 0 aromatic heterocycles. The number of carbonyl (C=O) groups excluding carboxylic acids is 1. The van der Waals surface area contributed by atoms with Gasteiger partial charge in [0.2, 0.25) is 0 Å². The molecule has 3 N–H and O–H groups in total. The van der Waals surface area contributed by atoms with Crippen LogP contribution in [-0.2, 0) is 4.79 Å². The van der Waals surface area contributed by atoms with Crippen molar-refractivity contribution < 1.29 is 9.18 Å². The lowest BCUT2D eigenvalue weighted by Crippen LogP contribution is -1.65. The first-order valence-corrected chi connectivity index (χ1v) is 0.893. The van der Waals surface area contributed by atoms with Gasteiger partial charge in [-0.1, -0.05) is 0 Å². The summed E-state index contributed by atoms with van der Waals surface area (Å²) in [4.78, 5) is 8.78. The third-order valence-corrected chi connectivity index (χ3v) is 0. The maximum absolute atomic E-state index is 10.4. The van der Waals surface area contributed by atoms with Crippen molar-refractivity contribution in [1.29, 1.82) is 0 Å². The summed E-state index contributed by atoms with van der Waals surface area (Å²) in [5, 5.41) is 0. The molecule has 0 saturated heterocycles. The van der Waals surface area contributed by atoms with Gasteiger partial charge in [-0.05, 0) is 0 Å². The number of rotatable bonds is 0. The summed E-state index contributed by atoms with van der Waals surface area (Å²) < 4.78 is 10.4. The monoisotopic (exact) mass is 79.0 g/mol. The quantitative estimate of drug-likeness (QED) is 0.434. The van der Waals surface area contributed by atoms with Crippen LogP contribution in [0.25, 0.3) is 0 Å². The average molecular weight is 79.1 g/mol. The molecule has 0 atom stereocenters. The van der Waals surface area contributed by atoms with E-state index in [4.69, 9.17) is 4.79 Å². The minimum Gasteiger partial charge on any atom is -0.344 e. The lowest BCUT2D eigenvalue weighted by Gasteiger charge is -1.50. The molecule has 0 spiro atoms. The molecule has 0 aliphatic rings. The second kappa shape index (κ2) is 3.56. The fourth-order valence-electron chi connectivity index (χ4n) is 0. The zero-order valence-corrected chi connectivity index (χ0v) is 2.99. The van der Waals surface area contributed by atoms with E-state index in [1.807, 2.05) is 0 Å². The number of hydrogen-bond acceptors (Lipinski definition) is 2. The van der Waals surface area contributed by atoms with Crippen LogP contribution >= 0.6 is 0 Å². The summed E-state index contributed by atoms with van der Waals surface area (Å²) >= 11 is 0. The Balaban J connectivity index is 0. The van der Waals surface area contributed by atoms with Crippen molar-refractivity contribution in [2.45, 2.75) is 6.92 Å². The van der Waals surface area contributed by atoms with Crippen molar-refractivity contribution in [3.8, 4) is 0 Å². The third-order valence-electron chi connectivity index (χ3n) is 0. The van der Waals surface area contributed by atoms with Crippen molar-refractivity contribution in [2.75, 3.05) is 0 Å². The van der Waals surface area contributed by atoms with E-state index < -0.39 is 6.04 Å². The molecule has 0 bridgehead atoms. The van der Waals surface area contributed by atoms with Crippen LogP contribution in [-0.4, -0.2) is 6.04 Å². The molecule has 32 valence electrons. The SMILES string of the molecule is CC(=O)F.N. The van der Waals surface area contributed by atoms with E-state index in [0.717, 1.165) is 6.92 Å². The van der Waals surface area contributed by atoms with Crippen molar-refractivity contribution in [1.82, 2.24) is 6.15 Å². The molecule has 0 aromatic carbocycles. The molecule has 2 nitrogen and oxygen atoms in total. The van der Waals surface area contributed by atoms with Crippen LogP contribution in [0.4, 0.5) is 4.39 Å². The first kappa shape index (κ1) is 8.82. The van der Waals surface area contributed by atoms with Crippen LogP contribution in [0.5, 0.6) is 0 Å². The van der Waals surface area contributed by atoms with Gasteiger partial charge in [0.1, 0.15) is 0 Å². The second-order valence-corrected chi connectivity index (χ2v) is 0.470. The highest BCUT2D eigenvalue weighted by Crippen LogP contribution is 1.58. The molecule has 5 heavy (non-hydrogen) atoms. The summed E-state index contributed by atoms with van der Waals surface area (Å²) in [6.45, 7) is 0.861. The number of halogens is 1. The van der Waals surface area contributed by atoms with E-state index >= 15 is 0 Å². The van der Waals surface area contributed by atoms with Gasteiger partial charge >= 0.3 is 0 Å². The molecule has 0 rings (SSSR count). The first-order valence-electron chi connectivity index (χ1n) is 0.893. The zero-order chi connectivity index (χ0) is 3.58.